The zero-order valence-corrected chi connectivity index (χ0v) is 24.6. The van der Waals surface area contributed by atoms with Crippen LogP contribution in [-0.2, 0) is 30.6 Å². The first-order valence-corrected chi connectivity index (χ1v) is 15.5. The lowest BCUT2D eigenvalue weighted by Crippen LogP contribution is -2.51. The van der Waals surface area contributed by atoms with Crippen LogP contribution in [0.2, 0.25) is 0 Å². The molecule has 1 aliphatic heterocycles. The number of halogens is 4. The standard InChI is InChI=1S/C26H28F4N3O8PS/c1-13(2)39-23(36)14(3)32-42(43,41-17-9-8-15-6-4-5-7-16(15)10-17)38-12-26(24(29)30)20(28)19(34)22(40-26)33-11-18(27)21(35)31-25(33)37/h4-11,13-14,19-20,22,24,34H,12H2,1-3H3,(H,32,43)(H,31,35,37)/t14-,19+,20+,22+,26+,42?/m0/s1. The zero-order chi connectivity index (χ0) is 31.7. The topological polar surface area (TPSA) is 141 Å². The maximum atomic E-state index is 15.5. The Morgan fingerprint density at radius 3 is 2.53 bits per heavy atom. The minimum absolute atomic E-state index is 0.127. The number of hydrogen-bond acceptors (Lipinski definition) is 9. The molecule has 1 aliphatic rings. The highest BCUT2D eigenvalue weighted by atomic mass is 32.5. The number of aliphatic hydroxyl groups excluding tert-OH is 1. The van der Waals surface area contributed by atoms with E-state index in [1.54, 1.807) is 43.1 Å². The molecule has 3 N–H and O–H groups in total. The zero-order valence-electron chi connectivity index (χ0n) is 22.9. The molecule has 3 aromatic rings. The molecule has 234 valence electrons. The number of rotatable bonds is 11. The molecule has 0 aliphatic carbocycles. The van der Waals surface area contributed by atoms with Crippen LogP contribution in [0.25, 0.3) is 10.8 Å². The van der Waals surface area contributed by atoms with Gasteiger partial charge in [-0.1, -0.05) is 30.3 Å². The molecule has 2 heterocycles. The molecule has 6 atom stereocenters. The van der Waals surface area contributed by atoms with Gasteiger partial charge in [0, 0.05) is 0 Å². The Kier molecular flexibility index (Phi) is 9.79. The van der Waals surface area contributed by atoms with Crippen molar-refractivity contribution in [1.29, 1.82) is 0 Å². The molecule has 0 bridgehead atoms. The summed E-state index contributed by atoms with van der Waals surface area (Å²) >= 11 is 5.55. The van der Waals surface area contributed by atoms with Gasteiger partial charge in [0.05, 0.1) is 18.9 Å². The van der Waals surface area contributed by atoms with E-state index in [1.165, 1.54) is 13.0 Å². The molecule has 2 aromatic carbocycles. The number of hydrogen-bond donors (Lipinski definition) is 3. The van der Waals surface area contributed by atoms with Gasteiger partial charge < -0.3 is 23.6 Å². The summed E-state index contributed by atoms with van der Waals surface area (Å²) in [6.07, 6.45) is -11.4. The molecule has 0 radical (unpaired) electrons. The number of nitrogens with one attached hydrogen (secondary N) is 2. The number of ether oxygens (including phenoxy) is 2. The Bertz CT molecular complexity index is 1660. The lowest BCUT2D eigenvalue weighted by atomic mass is 9.98. The third-order valence-electron chi connectivity index (χ3n) is 6.43. The second kappa shape index (κ2) is 12.8. The average molecular weight is 650 g/mol. The molecular formula is C26H28F4N3O8PS. The van der Waals surface area contributed by atoms with Crippen LogP contribution in [0.3, 0.4) is 0 Å². The second-order valence-electron chi connectivity index (χ2n) is 10.0. The highest BCUT2D eigenvalue weighted by Crippen LogP contribution is 2.50. The smallest absolute Gasteiger partial charge is 0.330 e. The van der Waals surface area contributed by atoms with Gasteiger partial charge in [0.25, 0.3) is 12.0 Å². The minimum Gasteiger partial charge on any atom is -0.462 e. The normalized spacial score (nSPS) is 24.3. The third-order valence-corrected chi connectivity index (χ3v) is 8.91. The Morgan fingerprint density at radius 2 is 1.88 bits per heavy atom. The average Bonchev–Trinajstić information content (AvgIpc) is 3.19. The summed E-state index contributed by atoms with van der Waals surface area (Å²) in [6, 6.07) is 10.8. The summed E-state index contributed by atoms with van der Waals surface area (Å²) in [5.41, 5.74) is -6.01. The lowest BCUT2D eigenvalue weighted by molar-refractivity contribution is -0.182. The van der Waals surface area contributed by atoms with Crippen molar-refractivity contribution >= 4 is 35.2 Å². The van der Waals surface area contributed by atoms with Crippen LogP contribution in [-0.4, -0.2) is 63.7 Å². The van der Waals surface area contributed by atoms with Crippen molar-refractivity contribution in [2.24, 2.45) is 0 Å². The van der Waals surface area contributed by atoms with Gasteiger partial charge in [-0.3, -0.25) is 19.1 Å². The Morgan fingerprint density at radius 1 is 1.21 bits per heavy atom. The van der Waals surface area contributed by atoms with Crippen molar-refractivity contribution in [2.45, 2.75) is 63.4 Å². The van der Waals surface area contributed by atoms with Crippen molar-refractivity contribution in [3.63, 3.8) is 0 Å². The summed E-state index contributed by atoms with van der Waals surface area (Å²) in [5.74, 6) is -2.15. The molecule has 43 heavy (non-hydrogen) atoms. The number of fused-ring (bicyclic) bond motifs is 1. The summed E-state index contributed by atoms with van der Waals surface area (Å²) in [4.78, 5) is 37.7. The third kappa shape index (κ3) is 7.00. The van der Waals surface area contributed by atoms with Gasteiger partial charge in [-0.25, -0.2) is 23.1 Å². The summed E-state index contributed by atoms with van der Waals surface area (Å²) in [7, 11) is 0. The van der Waals surface area contributed by atoms with Crippen molar-refractivity contribution in [3.8, 4) is 5.75 Å². The van der Waals surface area contributed by atoms with E-state index in [-0.39, 0.29) is 10.3 Å². The maximum absolute atomic E-state index is 15.5. The number of carbonyl (C=O) groups is 1. The SMILES string of the molecule is CC(C)OC(=O)[C@H](C)NP(=S)(OC[C@@]1(C(F)F)O[C@@H](n2cc(F)c(=O)[nH]c2=O)[C@H](O)[C@H]1F)Oc1ccc2ccccc2c1. The van der Waals surface area contributed by atoms with E-state index in [9.17, 15) is 32.7 Å². The van der Waals surface area contributed by atoms with Crippen LogP contribution >= 0.6 is 6.64 Å². The van der Waals surface area contributed by atoms with E-state index in [0.29, 0.717) is 6.20 Å². The van der Waals surface area contributed by atoms with Crippen LogP contribution in [0.4, 0.5) is 17.6 Å². The quantitative estimate of drug-likeness (QED) is 0.161. The van der Waals surface area contributed by atoms with E-state index in [2.05, 4.69) is 5.09 Å². The molecule has 0 saturated carbocycles. The van der Waals surface area contributed by atoms with E-state index in [1.807, 2.05) is 12.1 Å². The Hall–Kier alpha value is -3.14. The first kappa shape index (κ1) is 32.8. The van der Waals surface area contributed by atoms with E-state index in [0.717, 1.165) is 10.8 Å². The molecule has 0 amide bonds. The number of H-pyrrole nitrogens is 1. The van der Waals surface area contributed by atoms with Crippen molar-refractivity contribution in [1.82, 2.24) is 14.6 Å². The molecule has 1 fully saturated rings. The van der Waals surface area contributed by atoms with Crippen LogP contribution in [0.1, 0.15) is 27.0 Å². The van der Waals surface area contributed by atoms with Gasteiger partial charge in [-0.05, 0) is 55.5 Å². The summed E-state index contributed by atoms with van der Waals surface area (Å²) in [6.45, 7) is -0.791. The molecule has 1 unspecified atom stereocenters. The number of carbonyl (C=O) groups excluding carboxylic acids is 1. The fraction of sp³-hybridized carbons (Fsp3) is 0.423. The number of aliphatic hydroxyl groups is 1. The first-order chi connectivity index (χ1) is 20.2. The second-order valence-corrected chi connectivity index (χ2v) is 13.1. The first-order valence-electron chi connectivity index (χ1n) is 12.9. The predicted octanol–water partition coefficient (Wildman–Crippen LogP) is 3.31. The van der Waals surface area contributed by atoms with Crippen molar-refractivity contribution in [3.05, 3.63) is 75.3 Å². The van der Waals surface area contributed by atoms with E-state index in [4.69, 9.17) is 30.3 Å². The van der Waals surface area contributed by atoms with Gasteiger partial charge in [0.15, 0.2) is 18.0 Å². The van der Waals surface area contributed by atoms with Gasteiger partial charge in [-0.2, -0.15) is 4.39 Å². The highest BCUT2D eigenvalue weighted by Gasteiger charge is 2.62. The van der Waals surface area contributed by atoms with Gasteiger partial charge in [0.1, 0.15) is 17.9 Å². The summed E-state index contributed by atoms with van der Waals surface area (Å²) in [5, 5.41) is 14.7. The number of esters is 1. The molecule has 17 heteroatoms. The highest BCUT2D eigenvalue weighted by molar-refractivity contribution is 8.09. The Balaban J connectivity index is 1.66. The van der Waals surface area contributed by atoms with Gasteiger partial charge >= 0.3 is 18.3 Å². The monoisotopic (exact) mass is 649 g/mol. The van der Waals surface area contributed by atoms with E-state index < -0.39 is 79.0 Å². The molecule has 11 nitrogen and oxygen atoms in total. The molecule has 1 aromatic heterocycles. The maximum Gasteiger partial charge on any atom is 0.330 e. The van der Waals surface area contributed by atoms with Crippen LogP contribution in [0, 0.1) is 5.82 Å². The number of nitrogens with zero attached hydrogens (tertiary/aromatic N) is 1. The van der Waals surface area contributed by atoms with Gasteiger partial charge in [0.2, 0.25) is 5.82 Å². The van der Waals surface area contributed by atoms with Crippen LogP contribution < -0.4 is 20.9 Å². The predicted molar refractivity (Wildman–Crippen MR) is 150 cm³/mol. The van der Waals surface area contributed by atoms with Gasteiger partial charge in [-0.15, -0.1) is 0 Å². The fourth-order valence-corrected chi connectivity index (χ4v) is 6.69. The Labute approximate surface area is 246 Å². The minimum atomic E-state index is -4.02. The van der Waals surface area contributed by atoms with Crippen molar-refractivity contribution < 1.29 is 46.0 Å². The largest absolute Gasteiger partial charge is 0.462 e. The van der Waals surface area contributed by atoms with Crippen LogP contribution in [0.5, 0.6) is 5.75 Å². The fourth-order valence-electron chi connectivity index (χ4n) is 4.28. The molecular weight excluding hydrogens is 621 g/mol. The number of alkyl halides is 3. The van der Waals surface area contributed by atoms with Crippen molar-refractivity contribution in [2.75, 3.05) is 6.61 Å². The molecule has 4 rings (SSSR count). The summed E-state index contributed by atoms with van der Waals surface area (Å²) < 4.78 is 80.5. The van der Waals surface area contributed by atoms with Crippen LogP contribution in [0.15, 0.2) is 58.3 Å². The molecule has 1 saturated heterocycles. The number of benzene rings is 2. The number of aromatic amines is 1. The van der Waals surface area contributed by atoms with E-state index >= 15 is 4.39 Å². The lowest BCUT2D eigenvalue weighted by Gasteiger charge is -2.33. The molecule has 0 spiro atoms. The number of aromatic nitrogens is 2.